The van der Waals surface area contributed by atoms with E-state index in [0.29, 0.717) is 49.9 Å². The van der Waals surface area contributed by atoms with E-state index in [-0.39, 0.29) is 29.3 Å². The second-order valence-electron chi connectivity index (χ2n) is 10.9. The maximum atomic E-state index is 13.1. The van der Waals surface area contributed by atoms with E-state index >= 15 is 0 Å². The van der Waals surface area contributed by atoms with E-state index < -0.39 is 35.7 Å². The quantitative estimate of drug-likeness (QED) is 0.116. The third-order valence-electron chi connectivity index (χ3n) is 7.37. The van der Waals surface area contributed by atoms with Crippen LogP contribution in [0, 0.1) is 0 Å². The Kier molecular flexibility index (Phi) is 13.6. The molecule has 1 atom stereocenters. The normalized spacial score (nSPS) is 11.2. The van der Waals surface area contributed by atoms with Gasteiger partial charge >= 0.3 is 17.8 Å². The SMILES string of the molecule is CCc1cc(CC(NC(C)=O)C(=O)NCCCCC(=O)NCCc2ccccc2)ccc1N(C(=O)C(=O)O)c1ccccc1C(=O)O. The van der Waals surface area contributed by atoms with E-state index in [1.54, 1.807) is 19.1 Å². The number of carbonyl (C=O) groups is 6. The molecule has 0 aromatic heterocycles. The number of nitrogens with one attached hydrogen (secondary N) is 3. The molecule has 4 amide bonds. The summed E-state index contributed by atoms with van der Waals surface area (Å²) in [6.07, 6.45) is 2.64. The molecule has 0 bridgehead atoms. The molecule has 0 fully saturated rings. The van der Waals surface area contributed by atoms with Gasteiger partial charge in [-0.15, -0.1) is 0 Å². The molecule has 12 nitrogen and oxygen atoms in total. The Morgan fingerprint density at radius 3 is 2.15 bits per heavy atom. The summed E-state index contributed by atoms with van der Waals surface area (Å²) in [6, 6.07) is 19.3. The second kappa shape index (κ2) is 17.8. The Labute approximate surface area is 273 Å². The van der Waals surface area contributed by atoms with Crippen molar-refractivity contribution < 1.29 is 39.0 Å². The fourth-order valence-corrected chi connectivity index (χ4v) is 5.08. The number of aryl methyl sites for hydroxylation is 1. The number of hydrogen-bond donors (Lipinski definition) is 5. The number of aromatic carboxylic acids is 1. The lowest BCUT2D eigenvalue weighted by Crippen LogP contribution is -2.47. The summed E-state index contributed by atoms with van der Waals surface area (Å²) in [5.74, 6) is -5.30. The summed E-state index contributed by atoms with van der Waals surface area (Å²) in [4.78, 5) is 74.5. The average molecular weight is 645 g/mol. The van der Waals surface area contributed by atoms with Gasteiger partial charge < -0.3 is 26.2 Å². The maximum Gasteiger partial charge on any atom is 0.395 e. The number of amides is 4. The van der Waals surface area contributed by atoms with Crippen molar-refractivity contribution in [3.8, 4) is 0 Å². The van der Waals surface area contributed by atoms with Crippen LogP contribution in [0.3, 0.4) is 0 Å². The number of aliphatic carboxylic acids is 1. The molecule has 3 aromatic rings. The van der Waals surface area contributed by atoms with Crippen molar-refractivity contribution in [2.24, 2.45) is 0 Å². The maximum absolute atomic E-state index is 13.1. The largest absolute Gasteiger partial charge is 0.478 e. The van der Waals surface area contributed by atoms with E-state index in [1.807, 2.05) is 30.3 Å². The standard InChI is InChI=1S/C35H40N4O8/c1-3-26-21-25(16-17-29(26)39(33(43)35(46)47)30-14-8-7-13-27(30)34(44)45)22-28(38-23(2)40)32(42)37-19-10-9-15-31(41)36-20-18-24-11-5-4-6-12-24/h4-8,11-14,16-17,21,28H,3,9-10,15,18-20,22H2,1-2H3,(H,36,41)(H,37,42)(H,38,40)(H,44,45)(H,46,47). The molecule has 3 aromatic carbocycles. The Bertz CT molecular complexity index is 1590. The third kappa shape index (κ3) is 10.8. The Morgan fingerprint density at radius 1 is 0.787 bits per heavy atom. The van der Waals surface area contributed by atoms with Gasteiger partial charge in [0.25, 0.3) is 0 Å². The lowest BCUT2D eigenvalue weighted by molar-refractivity contribution is -0.148. The van der Waals surface area contributed by atoms with Crippen LogP contribution in [0.4, 0.5) is 11.4 Å². The molecule has 0 aliphatic heterocycles. The molecule has 12 heteroatoms. The van der Waals surface area contributed by atoms with Gasteiger partial charge in [-0.2, -0.15) is 0 Å². The van der Waals surface area contributed by atoms with Crippen molar-refractivity contribution in [1.82, 2.24) is 16.0 Å². The minimum Gasteiger partial charge on any atom is -0.478 e. The van der Waals surface area contributed by atoms with Crippen LogP contribution in [0.1, 0.15) is 60.2 Å². The molecule has 3 rings (SSSR count). The number of anilines is 2. The molecular formula is C35H40N4O8. The van der Waals surface area contributed by atoms with E-state index in [2.05, 4.69) is 16.0 Å². The average Bonchev–Trinajstić information content (AvgIpc) is 3.05. The molecule has 0 spiro atoms. The monoisotopic (exact) mass is 644 g/mol. The van der Waals surface area contributed by atoms with Crippen LogP contribution in [0.15, 0.2) is 72.8 Å². The highest BCUT2D eigenvalue weighted by atomic mass is 16.4. The highest BCUT2D eigenvalue weighted by Gasteiger charge is 2.30. The first-order valence-electron chi connectivity index (χ1n) is 15.4. The zero-order valence-electron chi connectivity index (χ0n) is 26.5. The van der Waals surface area contributed by atoms with Crippen molar-refractivity contribution in [3.63, 3.8) is 0 Å². The Morgan fingerprint density at radius 2 is 1.49 bits per heavy atom. The van der Waals surface area contributed by atoms with Crippen molar-refractivity contribution >= 4 is 46.9 Å². The van der Waals surface area contributed by atoms with E-state index in [0.717, 1.165) is 16.9 Å². The zero-order chi connectivity index (χ0) is 34.3. The molecule has 47 heavy (non-hydrogen) atoms. The van der Waals surface area contributed by atoms with Crippen molar-refractivity contribution in [2.75, 3.05) is 18.0 Å². The molecule has 0 heterocycles. The molecule has 1 unspecified atom stereocenters. The highest BCUT2D eigenvalue weighted by Crippen LogP contribution is 2.33. The molecule has 0 radical (unpaired) electrons. The zero-order valence-corrected chi connectivity index (χ0v) is 26.5. The van der Waals surface area contributed by atoms with Gasteiger partial charge in [-0.1, -0.05) is 61.5 Å². The molecule has 0 aliphatic rings. The summed E-state index contributed by atoms with van der Waals surface area (Å²) in [6.45, 7) is 3.94. The number of hydrogen-bond acceptors (Lipinski definition) is 6. The number of rotatable bonds is 16. The van der Waals surface area contributed by atoms with Gasteiger partial charge in [0.05, 0.1) is 16.9 Å². The molecule has 0 saturated heterocycles. The number of para-hydroxylation sites is 1. The molecular weight excluding hydrogens is 604 g/mol. The van der Waals surface area contributed by atoms with E-state index in [4.69, 9.17) is 0 Å². The lowest BCUT2D eigenvalue weighted by atomic mass is 9.99. The van der Waals surface area contributed by atoms with Gasteiger partial charge in [0.1, 0.15) is 6.04 Å². The van der Waals surface area contributed by atoms with Crippen molar-refractivity contribution in [1.29, 1.82) is 0 Å². The van der Waals surface area contributed by atoms with E-state index in [9.17, 15) is 39.0 Å². The fraction of sp³-hybridized carbons (Fsp3) is 0.314. The van der Waals surface area contributed by atoms with Crippen LogP contribution >= 0.6 is 0 Å². The van der Waals surface area contributed by atoms with Crippen molar-refractivity contribution in [2.45, 2.75) is 58.4 Å². The summed E-state index contributed by atoms with van der Waals surface area (Å²) in [5, 5.41) is 27.6. The first kappa shape index (κ1) is 36.0. The summed E-state index contributed by atoms with van der Waals surface area (Å²) in [5.41, 5.74) is 2.13. The van der Waals surface area contributed by atoms with Crippen LogP contribution in [0.2, 0.25) is 0 Å². The number of unbranched alkanes of at least 4 members (excludes halogenated alkanes) is 1. The van der Waals surface area contributed by atoms with Gasteiger partial charge in [-0.05, 0) is 60.6 Å². The van der Waals surface area contributed by atoms with E-state index in [1.165, 1.54) is 37.3 Å². The Balaban J connectivity index is 1.64. The number of carboxylic acid groups (broad SMARTS) is 2. The van der Waals surface area contributed by atoms with Crippen molar-refractivity contribution in [3.05, 3.63) is 95.1 Å². The molecule has 0 aliphatic carbocycles. The molecule has 5 N–H and O–H groups in total. The van der Waals surface area contributed by atoms with Gasteiger partial charge in [0.15, 0.2) is 0 Å². The predicted molar refractivity (Wildman–Crippen MR) is 175 cm³/mol. The summed E-state index contributed by atoms with van der Waals surface area (Å²) in [7, 11) is 0. The number of carboxylic acids is 2. The molecule has 248 valence electrons. The second-order valence-corrected chi connectivity index (χ2v) is 10.9. The van der Waals surface area contributed by atoms with Crippen LogP contribution < -0.4 is 20.9 Å². The minimum absolute atomic E-state index is 0.0615. The number of nitrogens with zero attached hydrogens (tertiary/aromatic N) is 1. The van der Waals surface area contributed by atoms with Gasteiger partial charge in [0.2, 0.25) is 17.7 Å². The summed E-state index contributed by atoms with van der Waals surface area (Å²) < 4.78 is 0. The van der Waals surface area contributed by atoms with Gasteiger partial charge in [0, 0.05) is 32.9 Å². The van der Waals surface area contributed by atoms with Gasteiger partial charge in [-0.3, -0.25) is 24.1 Å². The number of carbonyl (C=O) groups excluding carboxylic acids is 4. The first-order chi connectivity index (χ1) is 22.5. The van der Waals surface area contributed by atoms with Crippen LogP contribution in [0.5, 0.6) is 0 Å². The Hall–Kier alpha value is -5.52. The van der Waals surface area contributed by atoms with Crippen LogP contribution in [0.25, 0.3) is 0 Å². The first-order valence-corrected chi connectivity index (χ1v) is 15.4. The minimum atomic E-state index is -1.76. The van der Waals surface area contributed by atoms with Crippen LogP contribution in [-0.2, 0) is 43.2 Å². The third-order valence-corrected chi connectivity index (χ3v) is 7.37. The molecule has 0 saturated carbocycles. The topological polar surface area (TPSA) is 182 Å². The summed E-state index contributed by atoms with van der Waals surface area (Å²) >= 11 is 0. The highest BCUT2D eigenvalue weighted by molar-refractivity contribution is 6.39. The predicted octanol–water partition coefficient (Wildman–Crippen LogP) is 3.39. The smallest absolute Gasteiger partial charge is 0.395 e. The number of benzene rings is 3. The van der Waals surface area contributed by atoms with Gasteiger partial charge in [-0.25, -0.2) is 9.59 Å². The lowest BCUT2D eigenvalue weighted by Gasteiger charge is -2.26. The van der Waals surface area contributed by atoms with Crippen LogP contribution in [-0.4, -0.2) is 64.9 Å². The fourth-order valence-electron chi connectivity index (χ4n) is 5.08.